The van der Waals surface area contributed by atoms with Crippen LogP contribution >= 0.6 is 11.6 Å². The monoisotopic (exact) mass is 355 g/mol. The van der Waals surface area contributed by atoms with Gasteiger partial charge in [0, 0.05) is 21.1 Å². The Morgan fingerprint density at radius 1 is 1.28 bits per heavy atom. The first kappa shape index (κ1) is 16.5. The second-order valence-electron chi connectivity index (χ2n) is 4.84. The van der Waals surface area contributed by atoms with Gasteiger partial charge in [-0.1, -0.05) is 16.8 Å². The van der Waals surface area contributed by atoms with Crippen LogP contribution in [0.15, 0.2) is 52.1 Å². The number of hydrogen-bond acceptors (Lipinski definition) is 5. The van der Waals surface area contributed by atoms with Crippen LogP contribution < -0.4 is 4.74 Å². The van der Waals surface area contributed by atoms with Gasteiger partial charge in [0.05, 0.1) is 12.7 Å². The molecule has 124 valence electrons. The highest BCUT2D eigenvalue weighted by Crippen LogP contribution is 2.31. The quantitative estimate of drug-likeness (QED) is 0.388. The molecule has 9 heteroatoms. The Bertz CT molecular complexity index is 978. The molecular formula is C16H10ClN5O3. The molecule has 3 rings (SSSR count). The summed E-state index contributed by atoms with van der Waals surface area (Å²) in [6.45, 7) is 0. The van der Waals surface area contributed by atoms with Crippen molar-refractivity contribution in [3.05, 3.63) is 63.5 Å². The molecule has 1 aromatic heterocycles. The summed E-state index contributed by atoms with van der Waals surface area (Å²) in [6, 6.07) is 11.5. The number of benzene rings is 2. The van der Waals surface area contributed by atoms with E-state index in [1.807, 2.05) is 0 Å². The van der Waals surface area contributed by atoms with Crippen molar-refractivity contribution in [3.8, 4) is 28.6 Å². The molecule has 0 aliphatic carbocycles. The van der Waals surface area contributed by atoms with Gasteiger partial charge in [0.2, 0.25) is 11.7 Å². The number of rotatable bonds is 4. The van der Waals surface area contributed by atoms with Crippen molar-refractivity contribution in [2.75, 3.05) is 7.11 Å². The summed E-state index contributed by atoms with van der Waals surface area (Å²) in [6.07, 6.45) is 0. The van der Waals surface area contributed by atoms with Crippen LogP contribution in [0.1, 0.15) is 10.4 Å². The Balaban J connectivity index is 2.03. The predicted octanol–water partition coefficient (Wildman–Crippen LogP) is 4.52. The van der Waals surface area contributed by atoms with E-state index in [9.17, 15) is 4.79 Å². The van der Waals surface area contributed by atoms with Gasteiger partial charge in [0.25, 0.3) is 5.89 Å². The van der Waals surface area contributed by atoms with Gasteiger partial charge in [-0.15, -0.1) is 0 Å². The van der Waals surface area contributed by atoms with Crippen LogP contribution in [-0.4, -0.2) is 23.2 Å². The molecule has 8 nitrogen and oxygen atoms in total. The third-order valence-electron chi connectivity index (χ3n) is 3.34. The first-order valence-corrected chi connectivity index (χ1v) is 7.37. The molecule has 0 unspecified atom stereocenters. The Kier molecular flexibility index (Phi) is 4.65. The zero-order chi connectivity index (χ0) is 17.8. The first-order chi connectivity index (χ1) is 12.1. The van der Waals surface area contributed by atoms with Gasteiger partial charge in [0.1, 0.15) is 5.75 Å². The van der Waals surface area contributed by atoms with Crippen molar-refractivity contribution in [1.82, 2.24) is 10.1 Å². The highest BCUT2D eigenvalue weighted by molar-refractivity contribution is 6.30. The average Bonchev–Trinajstić information content (AvgIpc) is 3.12. The largest absolute Gasteiger partial charge is 0.496 e. The van der Waals surface area contributed by atoms with Crippen LogP contribution in [0.25, 0.3) is 33.3 Å². The third kappa shape index (κ3) is 3.45. The normalized spacial score (nSPS) is 10.2. The zero-order valence-electron chi connectivity index (χ0n) is 12.9. The van der Waals surface area contributed by atoms with E-state index in [1.165, 1.54) is 19.2 Å². The first-order valence-electron chi connectivity index (χ1n) is 7.00. The molecular weight excluding hydrogens is 346 g/mol. The third-order valence-corrected chi connectivity index (χ3v) is 3.59. The van der Waals surface area contributed by atoms with Crippen molar-refractivity contribution in [2.24, 2.45) is 5.11 Å². The van der Waals surface area contributed by atoms with E-state index < -0.39 is 5.91 Å². The summed E-state index contributed by atoms with van der Waals surface area (Å²) in [5.74, 6) is 0.241. The molecule has 0 fully saturated rings. The standard InChI is InChI=1S/C16H10ClN5O3/c1-24-13-7-4-10(15(23)20-22-18)8-12(13)16-19-14(21-25-16)9-2-5-11(17)6-3-9/h2-8H,1H3. The zero-order valence-corrected chi connectivity index (χ0v) is 13.6. The summed E-state index contributed by atoms with van der Waals surface area (Å²) in [5.41, 5.74) is 9.71. The Labute approximate surface area is 146 Å². The van der Waals surface area contributed by atoms with E-state index in [2.05, 4.69) is 20.2 Å². The number of amides is 1. The number of carbonyl (C=O) groups is 1. The average molecular weight is 356 g/mol. The maximum Gasteiger partial charge on any atom is 0.262 e. The fourth-order valence-electron chi connectivity index (χ4n) is 2.16. The molecule has 1 amide bonds. The van der Waals surface area contributed by atoms with Gasteiger partial charge in [-0.2, -0.15) is 4.98 Å². The number of azide groups is 1. The van der Waals surface area contributed by atoms with E-state index in [4.69, 9.17) is 26.4 Å². The number of ether oxygens (including phenoxy) is 1. The van der Waals surface area contributed by atoms with E-state index in [1.54, 1.807) is 30.3 Å². The van der Waals surface area contributed by atoms with Gasteiger partial charge in [-0.25, -0.2) is 0 Å². The van der Waals surface area contributed by atoms with Crippen LogP contribution in [0, 0.1) is 0 Å². The summed E-state index contributed by atoms with van der Waals surface area (Å²) < 4.78 is 10.5. The van der Waals surface area contributed by atoms with Crippen LogP contribution in [0.4, 0.5) is 0 Å². The molecule has 0 bridgehead atoms. The predicted molar refractivity (Wildman–Crippen MR) is 90.2 cm³/mol. The number of halogens is 1. The van der Waals surface area contributed by atoms with E-state index in [-0.39, 0.29) is 11.5 Å². The van der Waals surface area contributed by atoms with Crippen molar-refractivity contribution in [3.63, 3.8) is 0 Å². The highest BCUT2D eigenvalue weighted by atomic mass is 35.5. The van der Waals surface area contributed by atoms with Crippen molar-refractivity contribution < 1.29 is 14.1 Å². The summed E-state index contributed by atoms with van der Waals surface area (Å²) >= 11 is 5.87. The fourth-order valence-corrected chi connectivity index (χ4v) is 2.28. The molecule has 0 spiro atoms. The number of carbonyl (C=O) groups excluding carboxylic acids is 1. The van der Waals surface area contributed by atoms with E-state index in [0.717, 1.165) is 5.56 Å². The van der Waals surface area contributed by atoms with Crippen molar-refractivity contribution >= 4 is 17.5 Å². The van der Waals surface area contributed by atoms with Gasteiger partial charge in [-0.3, -0.25) is 4.79 Å². The van der Waals surface area contributed by atoms with Crippen LogP contribution in [-0.2, 0) is 0 Å². The minimum Gasteiger partial charge on any atom is -0.496 e. The number of nitrogens with zero attached hydrogens (tertiary/aromatic N) is 5. The number of methoxy groups -OCH3 is 1. The molecule has 0 N–H and O–H groups in total. The minimum absolute atomic E-state index is 0.164. The number of hydrogen-bond donors (Lipinski definition) is 0. The summed E-state index contributed by atoms with van der Waals surface area (Å²) in [7, 11) is 1.48. The smallest absolute Gasteiger partial charge is 0.262 e. The molecule has 0 saturated carbocycles. The van der Waals surface area contributed by atoms with Crippen molar-refractivity contribution in [2.45, 2.75) is 0 Å². The second kappa shape index (κ2) is 7.04. The van der Waals surface area contributed by atoms with E-state index >= 15 is 0 Å². The van der Waals surface area contributed by atoms with Gasteiger partial charge in [-0.05, 0) is 53.1 Å². The highest BCUT2D eigenvalue weighted by Gasteiger charge is 2.17. The van der Waals surface area contributed by atoms with Crippen molar-refractivity contribution in [1.29, 1.82) is 0 Å². The Hall–Kier alpha value is -3.35. The molecule has 0 radical (unpaired) electrons. The lowest BCUT2D eigenvalue weighted by molar-refractivity contribution is 0.100. The fraction of sp³-hybridized carbons (Fsp3) is 0.0625. The van der Waals surface area contributed by atoms with Gasteiger partial charge < -0.3 is 9.26 Å². The Morgan fingerprint density at radius 3 is 2.72 bits per heavy atom. The lowest BCUT2D eigenvalue weighted by Gasteiger charge is -2.05. The maximum absolute atomic E-state index is 11.7. The molecule has 0 aliphatic heterocycles. The summed E-state index contributed by atoms with van der Waals surface area (Å²) in [5, 5.41) is 7.59. The molecule has 0 aliphatic rings. The van der Waals surface area contributed by atoms with Crippen LogP contribution in [0.2, 0.25) is 5.02 Å². The molecule has 25 heavy (non-hydrogen) atoms. The molecule has 0 atom stereocenters. The van der Waals surface area contributed by atoms with Gasteiger partial charge in [0.15, 0.2) is 0 Å². The molecule has 2 aromatic carbocycles. The van der Waals surface area contributed by atoms with Crippen LogP contribution in [0.5, 0.6) is 5.75 Å². The number of aromatic nitrogens is 2. The summed E-state index contributed by atoms with van der Waals surface area (Å²) in [4.78, 5) is 18.6. The molecule has 0 saturated heterocycles. The SMILES string of the molecule is COc1ccc(C(=O)N=[N+]=[N-])cc1-c1nc(-c2ccc(Cl)cc2)no1. The molecule has 3 aromatic rings. The van der Waals surface area contributed by atoms with Gasteiger partial charge >= 0.3 is 0 Å². The van der Waals surface area contributed by atoms with E-state index in [0.29, 0.717) is 22.2 Å². The topological polar surface area (TPSA) is 114 Å². The molecule has 1 heterocycles. The minimum atomic E-state index is -0.719. The lowest BCUT2D eigenvalue weighted by atomic mass is 10.1. The lowest BCUT2D eigenvalue weighted by Crippen LogP contribution is -1.96. The van der Waals surface area contributed by atoms with Crippen LogP contribution in [0.3, 0.4) is 0 Å². The maximum atomic E-state index is 11.7. The Morgan fingerprint density at radius 2 is 2.04 bits per heavy atom. The second-order valence-corrected chi connectivity index (χ2v) is 5.28.